The fourth-order valence-electron chi connectivity index (χ4n) is 3.03. The first kappa shape index (κ1) is 14.3. The van der Waals surface area contributed by atoms with Gasteiger partial charge in [-0.05, 0) is 18.4 Å². The molecule has 0 bridgehead atoms. The van der Waals surface area contributed by atoms with Crippen molar-refractivity contribution in [3.8, 4) is 0 Å². The van der Waals surface area contributed by atoms with Gasteiger partial charge in [-0.25, -0.2) is 8.42 Å². The lowest BCUT2D eigenvalue weighted by Gasteiger charge is -2.05. The number of carbonyl (C=O) groups is 1. The van der Waals surface area contributed by atoms with Gasteiger partial charge in [-0.2, -0.15) is 5.10 Å². The van der Waals surface area contributed by atoms with Gasteiger partial charge in [0.1, 0.15) is 5.78 Å². The summed E-state index contributed by atoms with van der Waals surface area (Å²) in [7, 11) is -1.06. The first-order chi connectivity index (χ1) is 9.94. The van der Waals surface area contributed by atoms with Crippen LogP contribution < -0.4 is 0 Å². The molecule has 6 heteroatoms. The second-order valence-electron chi connectivity index (χ2n) is 5.78. The minimum Gasteiger partial charge on any atom is -0.299 e. The number of ketones is 1. The maximum Gasteiger partial charge on any atom is 0.150 e. The van der Waals surface area contributed by atoms with Gasteiger partial charge in [-0.1, -0.05) is 18.2 Å². The molecule has 1 fully saturated rings. The Labute approximate surface area is 123 Å². The lowest BCUT2D eigenvalue weighted by atomic mass is 9.99. The summed E-state index contributed by atoms with van der Waals surface area (Å²) in [6, 6.07) is 7.81. The van der Waals surface area contributed by atoms with Crippen molar-refractivity contribution in [2.45, 2.75) is 19.3 Å². The number of para-hydroxylation sites is 1. The quantitative estimate of drug-likeness (QED) is 0.858. The molecule has 1 aliphatic rings. The Bertz CT molecular complexity index is 792. The molecule has 112 valence electrons. The first-order valence-corrected chi connectivity index (χ1v) is 8.89. The van der Waals surface area contributed by atoms with Crippen LogP contribution >= 0.6 is 0 Å². The molecule has 0 amide bonds. The highest BCUT2D eigenvalue weighted by Gasteiger charge is 2.29. The molecule has 2 heterocycles. The summed E-state index contributed by atoms with van der Waals surface area (Å²) in [6.07, 6.45) is 1.22. The summed E-state index contributed by atoms with van der Waals surface area (Å²) in [5, 5.41) is 5.40. The fourth-order valence-corrected chi connectivity index (χ4v) is 4.90. The number of hydrogen-bond donors (Lipinski definition) is 0. The molecule has 2 aromatic rings. The van der Waals surface area contributed by atoms with Gasteiger partial charge < -0.3 is 0 Å². The normalized spacial score (nSPS) is 20.9. The number of fused-ring (bicyclic) bond motifs is 1. The smallest absolute Gasteiger partial charge is 0.150 e. The fraction of sp³-hybridized carbons (Fsp3) is 0.467. The van der Waals surface area contributed by atoms with Crippen molar-refractivity contribution < 1.29 is 13.2 Å². The third kappa shape index (κ3) is 3.00. The van der Waals surface area contributed by atoms with Crippen molar-refractivity contribution in [1.29, 1.82) is 0 Å². The molecular weight excluding hydrogens is 288 g/mol. The minimum absolute atomic E-state index is 0.0162. The third-order valence-electron chi connectivity index (χ3n) is 4.04. The summed E-state index contributed by atoms with van der Waals surface area (Å²) in [5.74, 6) is 0.428. The molecule has 0 N–H and O–H groups in total. The van der Waals surface area contributed by atoms with Gasteiger partial charge in [0.25, 0.3) is 0 Å². The van der Waals surface area contributed by atoms with Crippen LogP contribution in [0.4, 0.5) is 0 Å². The number of benzene rings is 1. The number of hydrogen-bond acceptors (Lipinski definition) is 4. The molecule has 0 saturated carbocycles. The second-order valence-corrected chi connectivity index (χ2v) is 8.00. The van der Waals surface area contributed by atoms with Crippen LogP contribution in [0.15, 0.2) is 24.3 Å². The van der Waals surface area contributed by atoms with E-state index in [-0.39, 0.29) is 29.6 Å². The maximum atomic E-state index is 12.2. The van der Waals surface area contributed by atoms with E-state index >= 15 is 0 Å². The molecule has 0 radical (unpaired) electrons. The Hall–Kier alpha value is -1.69. The van der Waals surface area contributed by atoms with E-state index in [1.54, 1.807) is 4.68 Å². The zero-order valence-electron chi connectivity index (χ0n) is 11.9. The highest BCUT2D eigenvalue weighted by Crippen LogP contribution is 2.23. The van der Waals surface area contributed by atoms with Crippen molar-refractivity contribution in [3.63, 3.8) is 0 Å². The summed E-state index contributed by atoms with van der Waals surface area (Å²) in [5.41, 5.74) is 1.78. The van der Waals surface area contributed by atoms with Crippen molar-refractivity contribution >= 4 is 26.5 Å². The lowest BCUT2D eigenvalue weighted by molar-refractivity contribution is -0.119. The SMILES string of the molecule is Cn1nc(CC(=O)CC2CCS(=O)(=O)C2)c2ccccc21. The van der Waals surface area contributed by atoms with E-state index in [4.69, 9.17) is 0 Å². The summed E-state index contributed by atoms with van der Waals surface area (Å²) < 4.78 is 24.6. The van der Waals surface area contributed by atoms with Gasteiger partial charge in [-0.15, -0.1) is 0 Å². The molecular formula is C15H18N2O3S. The van der Waals surface area contributed by atoms with E-state index in [1.807, 2.05) is 31.3 Å². The van der Waals surface area contributed by atoms with Crippen molar-refractivity contribution in [1.82, 2.24) is 9.78 Å². The van der Waals surface area contributed by atoms with Crippen LogP contribution in [0.5, 0.6) is 0 Å². The van der Waals surface area contributed by atoms with Gasteiger partial charge in [0.05, 0.1) is 29.1 Å². The second kappa shape index (κ2) is 5.26. The van der Waals surface area contributed by atoms with E-state index < -0.39 is 9.84 Å². The van der Waals surface area contributed by atoms with E-state index in [0.717, 1.165) is 16.6 Å². The minimum atomic E-state index is -2.92. The molecule has 0 spiro atoms. The average molecular weight is 306 g/mol. The number of Topliss-reactive ketones (excluding diaryl/α,β-unsaturated/α-hetero) is 1. The van der Waals surface area contributed by atoms with Gasteiger partial charge in [0.2, 0.25) is 0 Å². The maximum absolute atomic E-state index is 12.2. The van der Waals surface area contributed by atoms with Crippen LogP contribution in [0.3, 0.4) is 0 Å². The summed E-state index contributed by atoms with van der Waals surface area (Å²) in [6.45, 7) is 0. The zero-order chi connectivity index (χ0) is 15.0. The number of nitrogens with zero attached hydrogens (tertiary/aromatic N) is 2. The highest BCUT2D eigenvalue weighted by atomic mass is 32.2. The molecule has 1 atom stereocenters. The monoisotopic (exact) mass is 306 g/mol. The molecule has 1 saturated heterocycles. The van der Waals surface area contributed by atoms with Crippen LogP contribution in [-0.4, -0.2) is 35.5 Å². The van der Waals surface area contributed by atoms with E-state index in [9.17, 15) is 13.2 Å². The Balaban J connectivity index is 1.72. The lowest BCUT2D eigenvalue weighted by Crippen LogP contribution is -2.12. The topological polar surface area (TPSA) is 69.0 Å². The van der Waals surface area contributed by atoms with Crippen LogP contribution in [0.25, 0.3) is 10.9 Å². The molecule has 3 rings (SSSR count). The Kier molecular flexibility index (Phi) is 3.57. The highest BCUT2D eigenvalue weighted by molar-refractivity contribution is 7.91. The standard InChI is InChI=1S/C15H18N2O3S/c1-17-15-5-3-2-4-13(15)14(16-17)9-12(18)8-11-6-7-21(19,20)10-11/h2-5,11H,6-10H2,1H3. The third-order valence-corrected chi connectivity index (χ3v) is 5.88. The van der Waals surface area contributed by atoms with Gasteiger partial charge in [-0.3, -0.25) is 9.48 Å². The van der Waals surface area contributed by atoms with Crippen LogP contribution in [0.1, 0.15) is 18.5 Å². The molecule has 1 unspecified atom stereocenters. The van der Waals surface area contributed by atoms with E-state index in [0.29, 0.717) is 12.8 Å². The van der Waals surface area contributed by atoms with Crippen molar-refractivity contribution in [2.75, 3.05) is 11.5 Å². The van der Waals surface area contributed by atoms with Gasteiger partial charge in [0, 0.05) is 18.9 Å². The molecule has 1 aliphatic heterocycles. The van der Waals surface area contributed by atoms with E-state index in [2.05, 4.69) is 5.10 Å². The molecule has 5 nitrogen and oxygen atoms in total. The number of sulfone groups is 1. The number of aromatic nitrogens is 2. The number of carbonyl (C=O) groups excluding carboxylic acids is 1. The van der Waals surface area contributed by atoms with Gasteiger partial charge >= 0.3 is 0 Å². The summed E-state index contributed by atoms with van der Waals surface area (Å²) in [4.78, 5) is 12.2. The molecule has 0 aliphatic carbocycles. The predicted octanol–water partition coefficient (Wildman–Crippen LogP) is 1.51. The van der Waals surface area contributed by atoms with Gasteiger partial charge in [0.15, 0.2) is 9.84 Å². The summed E-state index contributed by atoms with van der Waals surface area (Å²) >= 11 is 0. The Morgan fingerprint density at radius 1 is 1.38 bits per heavy atom. The number of aryl methyl sites for hydroxylation is 1. The van der Waals surface area contributed by atoms with Crippen LogP contribution in [-0.2, 0) is 28.1 Å². The van der Waals surface area contributed by atoms with Crippen molar-refractivity contribution in [2.24, 2.45) is 13.0 Å². The Morgan fingerprint density at radius 3 is 2.86 bits per heavy atom. The average Bonchev–Trinajstić information content (AvgIpc) is 2.91. The van der Waals surface area contributed by atoms with Crippen molar-refractivity contribution in [3.05, 3.63) is 30.0 Å². The van der Waals surface area contributed by atoms with Crippen LogP contribution in [0, 0.1) is 5.92 Å². The van der Waals surface area contributed by atoms with Crippen LogP contribution in [0.2, 0.25) is 0 Å². The molecule has 21 heavy (non-hydrogen) atoms. The molecule has 1 aromatic carbocycles. The Morgan fingerprint density at radius 2 is 2.14 bits per heavy atom. The largest absolute Gasteiger partial charge is 0.299 e. The predicted molar refractivity (Wildman–Crippen MR) is 80.8 cm³/mol. The first-order valence-electron chi connectivity index (χ1n) is 7.07. The zero-order valence-corrected chi connectivity index (χ0v) is 12.8. The number of rotatable bonds is 4. The van der Waals surface area contributed by atoms with E-state index in [1.165, 1.54) is 0 Å². The molecule has 1 aromatic heterocycles.